The summed E-state index contributed by atoms with van der Waals surface area (Å²) in [6, 6.07) is 17.7. The molecule has 0 radical (unpaired) electrons. The Balaban J connectivity index is 1.65. The molecule has 4 rings (SSSR count). The van der Waals surface area contributed by atoms with Crippen molar-refractivity contribution in [2.45, 2.75) is 26.9 Å². The number of hydrogen-bond acceptors (Lipinski definition) is 7. The number of fused-ring (bicyclic) bond motifs is 1. The van der Waals surface area contributed by atoms with E-state index >= 15 is 0 Å². The molecule has 1 amide bonds. The minimum atomic E-state index is -1.34. The number of aryl methyl sites for hydroxylation is 3. The molecule has 0 saturated heterocycles. The van der Waals surface area contributed by atoms with Crippen LogP contribution < -0.4 is 5.32 Å². The normalized spacial score (nSPS) is 11.6. The van der Waals surface area contributed by atoms with Crippen molar-refractivity contribution in [1.29, 1.82) is 0 Å². The molecule has 1 aromatic heterocycles. The third-order valence-electron chi connectivity index (χ3n) is 5.48. The zero-order valence-corrected chi connectivity index (χ0v) is 19.3. The van der Waals surface area contributed by atoms with Crippen molar-refractivity contribution in [3.05, 3.63) is 105 Å². The quantitative estimate of drug-likeness (QED) is 0.239. The summed E-state index contributed by atoms with van der Waals surface area (Å²) in [5, 5.41) is 14.0. The fourth-order valence-electron chi connectivity index (χ4n) is 3.53. The second kappa shape index (κ2) is 9.68. The Morgan fingerprint density at radius 2 is 1.60 bits per heavy atom. The number of ether oxygens (including phenoxy) is 1. The highest BCUT2D eigenvalue weighted by atomic mass is 16.6. The van der Waals surface area contributed by atoms with Gasteiger partial charge in [0.15, 0.2) is 0 Å². The van der Waals surface area contributed by atoms with Crippen molar-refractivity contribution in [2.75, 3.05) is 5.32 Å². The predicted octanol–water partition coefficient (Wildman–Crippen LogP) is 5.00. The summed E-state index contributed by atoms with van der Waals surface area (Å²) in [5.74, 6) is -1.46. The van der Waals surface area contributed by atoms with Gasteiger partial charge in [0.2, 0.25) is 6.10 Å². The Kier molecular flexibility index (Phi) is 6.50. The van der Waals surface area contributed by atoms with Gasteiger partial charge in [0.25, 0.3) is 11.6 Å². The number of carbonyl (C=O) groups is 2. The van der Waals surface area contributed by atoms with E-state index in [1.165, 1.54) is 12.1 Å². The largest absolute Gasteiger partial charge is 0.444 e. The molecule has 0 fully saturated rings. The summed E-state index contributed by atoms with van der Waals surface area (Å²) >= 11 is 0. The number of nitro benzene ring substituents is 1. The topological polar surface area (TPSA) is 124 Å². The van der Waals surface area contributed by atoms with Gasteiger partial charge in [0.05, 0.1) is 32.9 Å². The summed E-state index contributed by atoms with van der Waals surface area (Å²) in [7, 11) is 0. The van der Waals surface area contributed by atoms with E-state index in [9.17, 15) is 19.7 Å². The van der Waals surface area contributed by atoms with Gasteiger partial charge in [-0.1, -0.05) is 36.4 Å². The van der Waals surface area contributed by atoms with Crippen LogP contribution in [0.2, 0.25) is 0 Å². The van der Waals surface area contributed by atoms with E-state index in [2.05, 4.69) is 15.3 Å². The van der Waals surface area contributed by atoms with Crippen LogP contribution in [0.4, 0.5) is 11.4 Å². The zero-order valence-electron chi connectivity index (χ0n) is 19.3. The number of nitro groups is 1. The number of amides is 1. The van der Waals surface area contributed by atoms with Gasteiger partial charge in [-0.3, -0.25) is 14.9 Å². The molecule has 1 atom stereocenters. The van der Waals surface area contributed by atoms with Crippen LogP contribution in [0.3, 0.4) is 0 Å². The van der Waals surface area contributed by atoms with E-state index < -0.39 is 22.9 Å². The van der Waals surface area contributed by atoms with Crippen LogP contribution >= 0.6 is 0 Å². The number of rotatable bonds is 6. The lowest BCUT2D eigenvalue weighted by molar-refractivity contribution is -0.384. The number of hydrogen-bond donors (Lipinski definition) is 1. The van der Waals surface area contributed by atoms with Crippen LogP contribution in [0.15, 0.2) is 66.7 Å². The summed E-state index contributed by atoms with van der Waals surface area (Å²) in [4.78, 5) is 46.1. The average molecular weight is 470 g/mol. The smallest absolute Gasteiger partial charge is 0.339 e. The van der Waals surface area contributed by atoms with E-state index in [0.29, 0.717) is 22.2 Å². The van der Waals surface area contributed by atoms with Gasteiger partial charge in [-0.25, -0.2) is 14.8 Å². The molecule has 0 aliphatic rings. The van der Waals surface area contributed by atoms with E-state index in [1.54, 1.807) is 61.5 Å². The molecule has 9 heteroatoms. The molecule has 0 aliphatic heterocycles. The third-order valence-corrected chi connectivity index (χ3v) is 5.48. The maximum Gasteiger partial charge on any atom is 0.339 e. The molecule has 1 N–H and O–H groups in total. The molecule has 0 spiro atoms. The first-order valence-corrected chi connectivity index (χ1v) is 10.8. The molecule has 176 valence electrons. The van der Waals surface area contributed by atoms with Gasteiger partial charge in [0, 0.05) is 11.6 Å². The highest BCUT2D eigenvalue weighted by molar-refractivity contribution is 6.00. The molecule has 3 aromatic carbocycles. The maximum absolute atomic E-state index is 13.2. The number of aromatic nitrogens is 2. The lowest BCUT2D eigenvalue weighted by Gasteiger charge is -2.18. The first kappa shape index (κ1) is 23.5. The van der Waals surface area contributed by atoms with E-state index in [0.717, 1.165) is 11.4 Å². The molecule has 0 bridgehead atoms. The van der Waals surface area contributed by atoms with Crippen LogP contribution in [0.25, 0.3) is 11.0 Å². The number of nitrogens with zero attached hydrogens (tertiary/aromatic N) is 3. The van der Waals surface area contributed by atoms with Crippen molar-refractivity contribution < 1.29 is 19.2 Å². The molecule has 1 unspecified atom stereocenters. The number of anilines is 1. The highest BCUT2D eigenvalue weighted by Crippen LogP contribution is 2.28. The molecule has 35 heavy (non-hydrogen) atoms. The van der Waals surface area contributed by atoms with E-state index in [1.807, 2.05) is 13.8 Å². The van der Waals surface area contributed by atoms with E-state index in [-0.39, 0.29) is 16.9 Å². The fourth-order valence-corrected chi connectivity index (χ4v) is 3.53. The van der Waals surface area contributed by atoms with Crippen molar-refractivity contribution in [1.82, 2.24) is 9.97 Å². The van der Waals surface area contributed by atoms with Crippen molar-refractivity contribution in [2.24, 2.45) is 0 Å². The van der Waals surface area contributed by atoms with Gasteiger partial charge < -0.3 is 10.1 Å². The van der Waals surface area contributed by atoms with Crippen molar-refractivity contribution >= 4 is 34.3 Å². The van der Waals surface area contributed by atoms with Crippen LogP contribution in [0.5, 0.6) is 0 Å². The highest BCUT2D eigenvalue weighted by Gasteiger charge is 2.28. The monoisotopic (exact) mass is 470 g/mol. The van der Waals surface area contributed by atoms with Gasteiger partial charge in [-0.05, 0) is 50.6 Å². The Hall–Kier alpha value is -4.66. The Bertz CT molecular complexity index is 1450. The van der Waals surface area contributed by atoms with Gasteiger partial charge in [-0.15, -0.1) is 0 Å². The third kappa shape index (κ3) is 5.14. The molecular weight excluding hydrogens is 448 g/mol. The summed E-state index contributed by atoms with van der Waals surface area (Å²) in [6.07, 6.45) is -1.34. The zero-order chi connectivity index (χ0) is 25.1. The Morgan fingerprint density at radius 1 is 0.914 bits per heavy atom. The summed E-state index contributed by atoms with van der Waals surface area (Å²) in [5.41, 5.74) is 3.73. The lowest BCUT2D eigenvalue weighted by Crippen LogP contribution is -2.26. The minimum Gasteiger partial charge on any atom is -0.444 e. The predicted molar refractivity (Wildman–Crippen MR) is 130 cm³/mol. The van der Waals surface area contributed by atoms with E-state index in [4.69, 9.17) is 4.74 Å². The number of nitrogens with one attached hydrogen (secondary N) is 1. The number of benzene rings is 3. The van der Waals surface area contributed by atoms with Crippen molar-refractivity contribution in [3.63, 3.8) is 0 Å². The second-order valence-corrected chi connectivity index (χ2v) is 8.06. The van der Waals surface area contributed by atoms with Gasteiger partial charge >= 0.3 is 5.97 Å². The molecular formula is C26H22N4O5. The van der Waals surface area contributed by atoms with Gasteiger partial charge in [-0.2, -0.15) is 0 Å². The second-order valence-electron chi connectivity index (χ2n) is 8.06. The molecule has 0 saturated carbocycles. The Labute approximate surface area is 200 Å². The van der Waals surface area contributed by atoms with Gasteiger partial charge in [0.1, 0.15) is 5.69 Å². The first-order chi connectivity index (χ1) is 16.7. The molecule has 1 heterocycles. The number of esters is 1. The first-order valence-electron chi connectivity index (χ1n) is 10.8. The number of carbonyl (C=O) groups excluding carboxylic acids is 2. The fraction of sp³-hybridized carbons (Fsp3) is 0.154. The average Bonchev–Trinajstić information content (AvgIpc) is 2.84. The van der Waals surface area contributed by atoms with Crippen molar-refractivity contribution in [3.8, 4) is 0 Å². The van der Waals surface area contributed by atoms with Crippen LogP contribution in [-0.2, 0) is 9.53 Å². The molecule has 9 nitrogen and oxygen atoms in total. The SMILES string of the molecule is Cc1ccc(NC(=O)C(OC(=O)c2ccc3nc(C)c(C)nc3c2)c2ccccc2)c([N+](=O)[O-])c1. The summed E-state index contributed by atoms with van der Waals surface area (Å²) < 4.78 is 5.61. The maximum atomic E-state index is 13.2. The standard InChI is InChI=1S/C26H22N4O5/c1-15-9-11-21(23(13-15)30(33)34)29-25(31)24(18-7-5-4-6-8-18)35-26(32)19-10-12-20-22(14-19)28-17(3)16(2)27-20/h4-14,24H,1-3H3,(H,29,31). The van der Waals surface area contributed by atoms with Crippen LogP contribution in [0.1, 0.15) is 39.0 Å². The lowest BCUT2D eigenvalue weighted by atomic mass is 10.1. The van der Waals surface area contributed by atoms with Crippen LogP contribution in [-0.4, -0.2) is 26.8 Å². The molecule has 4 aromatic rings. The Morgan fingerprint density at radius 3 is 2.29 bits per heavy atom. The van der Waals surface area contributed by atoms with Crippen LogP contribution in [0, 0.1) is 30.9 Å². The molecule has 0 aliphatic carbocycles. The summed E-state index contributed by atoms with van der Waals surface area (Å²) in [6.45, 7) is 5.39. The minimum absolute atomic E-state index is 0.00871.